The minimum Gasteiger partial charge on any atom is -0.481 e. The van der Waals surface area contributed by atoms with E-state index in [-0.39, 0.29) is 0 Å². The molecule has 1 aromatic rings. The fourth-order valence-corrected chi connectivity index (χ4v) is 1.59. The van der Waals surface area contributed by atoms with Gasteiger partial charge < -0.3 is 15.5 Å². The molecular formula is C13H13F2NO5. The zero-order valence-corrected chi connectivity index (χ0v) is 11.0. The monoisotopic (exact) mass is 301 g/mol. The van der Waals surface area contributed by atoms with Gasteiger partial charge in [0.15, 0.2) is 0 Å². The Labute approximate surface area is 118 Å². The predicted molar refractivity (Wildman–Crippen MR) is 66.7 cm³/mol. The molecule has 8 heteroatoms. The molecule has 0 spiro atoms. The lowest BCUT2D eigenvalue weighted by Crippen LogP contribution is -2.42. The van der Waals surface area contributed by atoms with Crippen LogP contribution in [0.1, 0.15) is 23.7 Å². The van der Waals surface area contributed by atoms with Gasteiger partial charge in [0.25, 0.3) is 5.91 Å². The van der Waals surface area contributed by atoms with Crippen molar-refractivity contribution in [3.05, 3.63) is 35.4 Å². The highest BCUT2D eigenvalue weighted by Crippen LogP contribution is 2.21. The minimum atomic E-state index is -1.74. The molecule has 0 aliphatic carbocycles. The van der Waals surface area contributed by atoms with E-state index in [1.54, 1.807) is 0 Å². The number of carboxylic acids is 2. The molecule has 0 aromatic heterocycles. The van der Waals surface area contributed by atoms with Gasteiger partial charge in [-0.2, -0.15) is 0 Å². The number of nitrogens with one attached hydrogen (secondary N) is 1. The highest BCUT2D eigenvalue weighted by atomic mass is 19.1. The molecule has 0 radical (unpaired) electrons. The second kappa shape index (κ2) is 6.29. The number of rotatable bonds is 6. The van der Waals surface area contributed by atoms with E-state index >= 15 is 0 Å². The van der Waals surface area contributed by atoms with Crippen molar-refractivity contribution in [2.24, 2.45) is 5.41 Å². The number of carbonyl (C=O) groups excluding carboxylic acids is 1. The molecule has 0 fully saturated rings. The molecule has 1 unspecified atom stereocenters. The molecule has 0 aliphatic rings. The van der Waals surface area contributed by atoms with Crippen LogP contribution in [0.15, 0.2) is 18.2 Å². The molecule has 1 rings (SSSR count). The first-order valence-electron chi connectivity index (χ1n) is 5.84. The van der Waals surface area contributed by atoms with Crippen LogP contribution in [0.4, 0.5) is 8.78 Å². The highest BCUT2D eigenvalue weighted by molar-refractivity contribution is 5.95. The number of halogens is 2. The molecule has 0 heterocycles. The Balaban J connectivity index is 2.83. The first-order chi connectivity index (χ1) is 9.65. The second-order valence-electron chi connectivity index (χ2n) is 4.74. The Morgan fingerprint density at radius 2 is 1.86 bits per heavy atom. The summed E-state index contributed by atoms with van der Waals surface area (Å²) in [5.74, 6) is -5.66. The fraction of sp³-hybridized carbons (Fsp3) is 0.308. The summed E-state index contributed by atoms with van der Waals surface area (Å²) in [6, 6.07) is 2.31. The van der Waals surface area contributed by atoms with Crippen LogP contribution in [-0.2, 0) is 9.59 Å². The third-order valence-electron chi connectivity index (χ3n) is 2.87. The van der Waals surface area contributed by atoms with Gasteiger partial charge in [-0.25, -0.2) is 8.78 Å². The summed E-state index contributed by atoms with van der Waals surface area (Å²) in [5, 5.41) is 19.8. The van der Waals surface area contributed by atoms with E-state index in [4.69, 9.17) is 10.2 Å². The smallest absolute Gasteiger partial charge is 0.311 e. The van der Waals surface area contributed by atoms with Crippen LogP contribution in [0.5, 0.6) is 0 Å². The van der Waals surface area contributed by atoms with Gasteiger partial charge in [0.2, 0.25) is 0 Å². The van der Waals surface area contributed by atoms with Gasteiger partial charge in [-0.05, 0) is 19.1 Å². The standard InChI is InChI=1S/C13H13F2NO5/c1-13(12(20)21,5-10(17)18)6-16-11(19)8-3-2-7(14)4-9(8)15/h2-4H,5-6H2,1H3,(H,16,19)(H,17,18)(H,20,21). The van der Waals surface area contributed by atoms with Crippen LogP contribution in [0.2, 0.25) is 0 Å². The topological polar surface area (TPSA) is 104 Å². The maximum Gasteiger partial charge on any atom is 0.311 e. The first-order valence-corrected chi connectivity index (χ1v) is 5.84. The Bertz CT molecular complexity index is 590. The number of hydrogen-bond acceptors (Lipinski definition) is 3. The van der Waals surface area contributed by atoms with Crippen molar-refractivity contribution in [3.8, 4) is 0 Å². The predicted octanol–water partition coefficient (Wildman–Crippen LogP) is 1.26. The van der Waals surface area contributed by atoms with Crippen molar-refractivity contribution in [1.82, 2.24) is 5.32 Å². The molecule has 1 atom stereocenters. The molecule has 21 heavy (non-hydrogen) atoms. The van der Waals surface area contributed by atoms with Gasteiger partial charge in [-0.1, -0.05) is 0 Å². The van der Waals surface area contributed by atoms with Gasteiger partial charge in [0.05, 0.1) is 17.4 Å². The molecule has 1 amide bonds. The van der Waals surface area contributed by atoms with E-state index in [0.717, 1.165) is 19.1 Å². The van der Waals surface area contributed by atoms with Gasteiger partial charge in [0, 0.05) is 12.6 Å². The number of carbonyl (C=O) groups is 3. The molecule has 0 saturated heterocycles. The Morgan fingerprint density at radius 3 is 2.33 bits per heavy atom. The van der Waals surface area contributed by atoms with E-state index < -0.39 is 53.4 Å². The number of carboxylic acid groups (broad SMARTS) is 2. The molecule has 0 saturated carbocycles. The highest BCUT2D eigenvalue weighted by Gasteiger charge is 2.36. The quantitative estimate of drug-likeness (QED) is 0.734. The maximum absolute atomic E-state index is 13.4. The summed E-state index contributed by atoms with van der Waals surface area (Å²) < 4.78 is 26.1. The summed E-state index contributed by atoms with van der Waals surface area (Å²) >= 11 is 0. The van der Waals surface area contributed by atoms with Crippen LogP contribution in [0, 0.1) is 17.0 Å². The lowest BCUT2D eigenvalue weighted by molar-refractivity contribution is -0.154. The molecule has 1 aromatic carbocycles. The Morgan fingerprint density at radius 1 is 1.24 bits per heavy atom. The fourth-order valence-electron chi connectivity index (χ4n) is 1.59. The van der Waals surface area contributed by atoms with E-state index in [1.165, 1.54) is 0 Å². The summed E-state index contributed by atoms with van der Waals surface area (Å²) in [4.78, 5) is 33.4. The molecule has 0 aliphatic heterocycles. The molecule has 0 bridgehead atoms. The minimum absolute atomic E-state index is 0.459. The normalized spacial score (nSPS) is 13.3. The van der Waals surface area contributed by atoms with E-state index in [1.807, 2.05) is 0 Å². The zero-order chi connectivity index (χ0) is 16.2. The SMILES string of the molecule is CC(CNC(=O)c1ccc(F)cc1F)(CC(=O)O)C(=O)O. The van der Waals surface area contributed by atoms with Crippen LogP contribution < -0.4 is 5.32 Å². The summed E-state index contributed by atoms with van der Waals surface area (Å²) in [6.45, 7) is 0.634. The lowest BCUT2D eigenvalue weighted by Gasteiger charge is -2.23. The average molecular weight is 301 g/mol. The largest absolute Gasteiger partial charge is 0.481 e. The van der Waals surface area contributed by atoms with Crippen LogP contribution >= 0.6 is 0 Å². The van der Waals surface area contributed by atoms with Crippen LogP contribution in [-0.4, -0.2) is 34.6 Å². The zero-order valence-electron chi connectivity index (χ0n) is 11.0. The second-order valence-corrected chi connectivity index (χ2v) is 4.74. The molecule has 6 nitrogen and oxygen atoms in total. The van der Waals surface area contributed by atoms with E-state index in [2.05, 4.69) is 5.32 Å². The summed E-state index contributed by atoms with van der Waals surface area (Å²) in [5.41, 5.74) is -2.20. The van der Waals surface area contributed by atoms with E-state index in [9.17, 15) is 23.2 Å². The van der Waals surface area contributed by atoms with Gasteiger partial charge in [-0.3, -0.25) is 14.4 Å². The van der Waals surface area contributed by atoms with Crippen LogP contribution in [0.25, 0.3) is 0 Å². The van der Waals surface area contributed by atoms with E-state index in [0.29, 0.717) is 6.07 Å². The maximum atomic E-state index is 13.4. The summed E-state index contributed by atoms with van der Waals surface area (Å²) in [6.07, 6.45) is -0.714. The van der Waals surface area contributed by atoms with Crippen LogP contribution in [0.3, 0.4) is 0 Å². The van der Waals surface area contributed by atoms with Crippen molar-refractivity contribution in [2.75, 3.05) is 6.54 Å². The third kappa shape index (κ3) is 4.23. The van der Waals surface area contributed by atoms with Crippen molar-refractivity contribution < 1.29 is 33.4 Å². The summed E-state index contributed by atoms with van der Waals surface area (Å²) in [7, 11) is 0. The van der Waals surface area contributed by atoms with Gasteiger partial charge in [0.1, 0.15) is 11.6 Å². The Hall–Kier alpha value is -2.51. The van der Waals surface area contributed by atoms with Crippen molar-refractivity contribution in [2.45, 2.75) is 13.3 Å². The lowest BCUT2D eigenvalue weighted by atomic mass is 9.86. The molecule has 3 N–H and O–H groups in total. The number of aliphatic carboxylic acids is 2. The molecular weight excluding hydrogens is 288 g/mol. The first kappa shape index (κ1) is 16.5. The third-order valence-corrected chi connectivity index (χ3v) is 2.87. The van der Waals surface area contributed by atoms with Crippen molar-refractivity contribution in [1.29, 1.82) is 0 Å². The number of amides is 1. The van der Waals surface area contributed by atoms with Crippen molar-refractivity contribution >= 4 is 17.8 Å². The number of benzene rings is 1. The van der Waals surface area contributed by atoms with Gasteiger partial charge >= 0.3 is 11.9 Å². The Kier molecular flexibility index (Phi) is 4.96. The molecule has 114 valence electrons. The van der Waals surface area contributed by atoms with Crippen molar-refractivity contribution in [3.63, 3.8) is 0 Å². The van der Waals surface area contributed by atoms with Gasteiger partial charge in [-0.15, -0.1) is 0 Å². The number of hydrogen-bond donors (Lipinski definition) is 3. The average Bonchev–Trinajstić information content (AvgIpc) is 2.35.